The zero-order valence-corrected chi connectivity index (χ0v) is 16.7. The number of aromatic nitrogens is 3. The average molecular weight is 434 g/mol. The molecule has 0 fully saturated rings. The Morgan fingerprint density at radius 1 is 1.13 bits per heavy atom. The van der Waals surface area contributed by atoms with E-state index in [2.05, 4.69) is 35.5 Å². The van der Waals surface area contributed by atoms with Gasteiger partial charge in [0.2, 0.25) is 0 Å². The van der Waals surface area contributed by atoms with E-state index in [-0.39, 0.29) is 12.3 Å². The lowest BCUT2D eigenvalue weighted by atomic mass is 10.2. The first-order valence-electron chi connectivity index (χ1n) is 9.54. The number of nitrogens with one attached hydrogen (secondary N) is 2. The summed E-state index contributed by atoms with van der Waals surface area (Å²) in [6, 6.07) is 11.3. The normalized spacial score (nSPS) is 11.9. The van der Waals surface area contributed by atoms with Gasteiger partial charge in [0.25, 0.3) is 5.89 Å². The third-order valence-electron chi connectivity index (χ3n) is 3.94. The van der Waals surface area contributed by atoms with E-state index < -0.39 is 6.36 Å². The molecule has 8 nitrogen and oxygen atoms in total. The molecule has 3 rings (SSSR count). The van der Waals surface area contributed by atoms with Crippen LogP contribution in [0.15, 0.2) is 58.2 Å². The molecule has 0 atom stereocenters. The number of para-hydroxylation sites is 1. The van der Waals surface area contributed by atoms with Gasteiger partial charge in [0.05, 0.1) is 6.54 Å². The molecule has 2 heterocycles. The largest absolute Gasteiger partial charge is 0.573 e. The molecule has 0 radical (unpaired) electrons. The predicted octanol–water partition coefficient (Wildman–Crippen LogP) is 3.33. The topological polar surface area (TPSA) is 97.5 Å². The van der Waals surface area contributed by atoms with E-state index in [9.17, 15) is 13.2 Å². The Bertz CT molecular complexity index is 992. The van der Waals surface area contributed by atoms with Crippen molar-refractivity contribution in [2.75, 3.05) is 13.1 Å². The molecular weight excluding hydrogens is 413 g/mol. The van der Waals surface area contributed by atoms with Crippen molar-refractivity contribution in [1.82, 2.24) is 25.8 Å². The second-order valence-electron chi connectivity index (χ2n) is 6.26. The van der Waals surface area contributed by atoms with Crippen LogP contribution < -0.4 is 15.4 Å². The highest BCUT2D eigenvalue weighted by molar-refractivity contribution is 5.79. The number of hydrogen-bond acceptors (Lipinski definition) is 6. The minimum absolute atomic E-state index is 0.00756. The smallest absolute Gasteiger partial charge is 0.405 e. The Kier molecular flexibility index (Phi) is 7.41. The fourth-order valence-corrected chi connectivity index (χ4v) is 2.61. The number of nitrogens with zero attached hydrogens (tertiary/aromatic N) is 4. The monoisotopic (exact) mass is 434 g/mol. The standard InChI is InChI=1S/C20H21F3N6O2/c1-2-24-19(27-13-14-7-3-4-9-16(14)30-20(21,22)23)26-12-10-17-28-18(31-29-17)15-8-5-6-11-25-15/h3-9,11H,2,10,12-13H2,1H3,(H2,24,26,27). The molecule has 31 heavy (non-hydrogen) atoms. The first kappa shape index (κ1) is 22.1. The first-order valence-corrected chi connectivity index (χ1v) is 9.54. The summed E-state index contributed by atoms with van der Waals surface area (Å²) in [6.45, 7) is 2.91. The Morgan fingerprint density at radius 3 is 2.68 bits per heavy atom. The van der Waals surface area contributed by atoms with Gasteiger partial charge in [-0.2, -0.15) is 4.98 Å². The lowest BCUT2D eigenvalue weighted by Gasteiger charge is -2.13. The highest BCUT2D eigenvalue weighted by Gasteiger charge is 2.31. The van der Waals surface area contributed by atoms with Crippen LogP contribution in [0.2, 0.25) is 0 Å². The van der Waals surface area contributed by atoms with E-state index in [0.717, 1.165) is 0 Å². The Morgan fingerprint density at radius 2 is 1.94 bits per heavy atom. The summed E-state index contributed by atoms with van der Waals surface area (Å²) in [7, 11) is 0. The molecule has 2 aromatic heterocycles. The molecule has 0 aliphatic carbocycles. The third kappa shape index (κ3) is 6.98. The first-order chi connectivity index (χ1) is 14.9. The highest BCUT2D eigenvalue weighted by Crippen LogP contribution is 2.26. The van der Waals surface area contributed by atoms with E-state index in [1.165, 1.54) is 18.2 Å². The minimum Gasteiger partial charge on any atom is -0.405 e. The van der Waals surface area contributed by atoms with Crippen LogP contribution in [0.5, 0.6) is 5.75 Å². The van der Waals surface area contributed by atoms with Gasteiger partial charge in [-0.1, -0.05) is 29.4 Å². The van der Waals surface area contributed by atoms with Crippen molar-refractivity contribution in [2.45, 2.75) is 26.3 Å². The zero-order valence-electron chi connectivity index (χ0n) is 16.7. The quantitative estimate of drug-likeness (QED) is 0.415. The van der Waals surface area contributed by atoms with Gasteiger partial charge in [0.15, 0.2) is 11.8 Å². The van der Waals surface area contributed by atoms with Crippen molar-refractivity contribution in [1.29, 1.82) is 0 Å². The lowest BCUT2D eigenvalue weighted by Crippen LogP contribution is -2.38. The van der Waals surface area contributed by atoms with Crippen LogP contribution in [-0.4, -0.2) is 40.5 Å². The number of guanidine groups is 1. The van der Waals surface area contributed by atoms with E-state index in [4.69, 9.17) is 4.52 Å². The maximum absolute atomic E-state index is 12.6. The summed E-state index contributed by atoms with van der Waals surface area (Å²) in [5.41, 5.74) is 0.902. The molecule has 0 spiro atoms. The molecule has 0 saturated heterocycles. The Labute approximate surface area is 176 Å². The SMILES string of the molecule is CCNC(=NCc1ccccc1OC(F)(F)F)NCCc1noc(-c2ccccn2)n1. The summed E-state index contributed by atoms with van der Waals surface area (Å²) in [6.07, 6.45) is -2.67. The van der Waals surface area contributed by atoms with Gasteiger partial charge in [0.1, 0.15) is 11.4 Å². The number of ether oxygens (including phenoxy) is 1. The van der Waals surface area contributed by atoms with Crippen molar-refractivity contribution in [2.24, 2.45) is 4.99 Å². The molecule has 0 unspecified atom stereocenters. The van der Waals surface area contributed by atoms with Crippen molar-refractivity contribution in [3.05, 3.63) is 60.0 Å². The summed E-state index contributed by atoms with van der Waals surface area (Å²) in [5, 5.41) is 10.1. The van der Waals surface area contributed by atoms with Crippen LogP contribution in [0.25, 0.3) is 11.6 Å². The molecule has 0 amide bonds. The fraction of sp³-hybridized carbons (Fsp3) is 0.300. The van der Waals surface area contributed by atoms with Crippen molar-refractivity contribution in [3.63, 3.8) is 0 Å². The fourth-order valence-electron chi connectivity index (χ4n) is 2.61. The number of aliphatic imine (C=N–C) groups is 1. The molecule has 1 aromatic carbocycles. The van der Waals surface area contributed by atoms with Gasteiger partial charge in [-0.3, -0.25) is 4.98 Å². The minimum atomic E-state index is -4.76. The van der Waals surface area contributed by atoms with Crippen LogP contribution in [-0.2, 0) is 13.0 Å². The van der Waals surface area contributed by atoms with E-state index in [1.807, 2.05) is 13.0 Å². The Hall–Kier alpha value is -3.63. The van der Waals surface area contributed by atoms with Gasteiger partial charge in [-0.05, 0) is 25.1 Å². The molecule has 164 valence electrons. The van der Waals surface area contributed by atoms with Crippen LogP contribution in [0.4, 0.5) is 13.2 Å². The van der Waals surface area contributed by atoms with E-state index >= 15 is 0 Å². The van der Waals surface area contributed by atoms with Crippen LogP contribution in [0.1, 0.15) is 18.3 Å². The summed E-state index contributed by atoms with van der Waals surface area (Å²) >= 11 is 0. The lowest BCUT2D eigenvalue weighted by molar-refractivity contribution is -0.274. The molecule has 0 aliphatic rings. The third-order valence-corrected chi connectivity index (χ3v) is 3.94. The molecular formula is C20H21F3N6O2. The summed E-state index contributed by atoms with van der Waals surface area (Å²) in [5.74, 6) is 0.992. The predicted molar refractivity (Wildman–Crippen MR) is 107 cm³/mol. The highest BCUT2D eigenvalue weighted by atomic mass is 19.4. The van der Waals surface area contributed by atoms with Crippen LogP contribution in [0, 0.1) is 0 Å². The molecule has 0 saturated carbocycles. The Balaban J connectivity index is 1.58. The molecule has 3 aromatic rings. The molecule has 2 N–H and O–H groups in total. The number of halogens is 3. The zero-order chi connectivity index (χ0) is 22.1. The maximum atomic E-state index is 12.6. The average Bonchev–Trinajstić information content (AvgIpc) is 3.21. The van der Waals surface area contributed by atoms with Crippen LogP contribution >= 0.6 is 0 Å². The number of pyridine rings is 1. The van der Waals surface area contributed by atoms with Gasteiger partial charge < -0.3 is 19.9 Å². The second-order valence-corrected chi connectivity index (χ2v) is 6.26. The number of hydrogen-bond donors (Lipinski definition) is 2. The van der Waals surface area contributed by atoms with Gasteiger partial charge in [-0.25, -0.2) is 4.99 Å². The van der Waals surface area contributed by atoms with Gasteiger partial charge >= 0.3 is 6.36 Å². The van der Waals surface area contributed by atoms with Gasteiger partial charge in [0, 0.05) is 31.3 Å². The van der Waals surface area contributed by atoms with E-state index in [1.54, 1.807) is 24.4 Å². The number of alkyl halides is 3. The molecule has 0 aliphatic heterocycles. The van der Waals surface area contributed by atoms with Gasteiger partial charge in [-0.15, -0.1) is 13.2 Å². The summed E-state index contributed by atoms with van der Waals surface area (Å²) in [4.78, 5) is 12.8. The summed E-state index contributed by atoms with van der Waals surface area (Å²) < 4.78 is 47.0. The van der Waals surface area contributed by atoms with Crippen molar-refractivity contribution in [3.8, 4) is 17.3 Å². The molecule has 11 heteroatoms. The van der Waals surface area contributed by atoms with Crippen molar-refractivity contribution >= 4 is 5.96 Å². The number of benzene rings is 1. The number of rotatable bonds is 8. The van der Waals surface area contributed by atoms with Crippen LogP contribution in [0.3, 0.4) is 0 Å². The molecule has 0 bridgehead atoms. The van der Waals surface area contributed by atoms with E-state index in [0.29, 0.717) is 48.4 Å². The maximum Gasteiger partial charge on any atom is 0.573 e. The second kappa shape index (κ2) is 10.4. The van der Waals surface area contributed by atoms with Crippen molar-refractivity contribution < 1.29 is 22.4 Å².